The van der Waals surface area contributed by atoms with Gasteiger partial charge >= 0.3 is 5.65 Å². The highest BCUT2D eigenvalue weighted by atomic mass is 16.3. The lowest BCUT2D eigenvalue weighted by Gasteiger charge is -2.34. The molecule has 12 atom stereocenters. The van der Waals surface area contributed by atoms with Crippen molar-refractivity contribution in [3.05, 3.63) is 213 Å². The Hall–Kier alpha value is -15.2. The quantitative estimate of drug-likeness (QED) is 0.00924. The maximum atomic E-state index is 14.4. The topological polar surface area (TPSA) is 512 Å². The molecule has 3 fully saturated rings. The molecule has 0 saturated carbocycles. The molecule has 3 aliphatic rings. The Labute approximate surface area is 861 Å². The van der Waals surface area contributed by atoms with Gasteiger partial charge in [0.2, 0.25) is 70.9 Å². The van der Waals surface area contributed by atoms with Crippen LogP contribution in [0.1, 0.15) is 155 Å². The van der Waals surface area contributed by atoms with E-state index in [0.717, 1.165) is 84.6 Å². The average Bonchev–Trinajstić information content (AvgIpc) is 1.69. The zero-order valence-corrected chi connectivity index (χ0v) is 86.8. The predicted molar refractivity (Wildman–Crippen MR) is 557 cm³/mol. The van der Waals surface area contributed by atoms with Gasteiger partial charge in [-0.25, -0.2) is 13.5 Å². The zero-order valence-electron chi connectivity index (χ0n) is 86.8. The van der Waals surface area contributed by atoms with Crippen molar-refractivity contribution in [1.29, 1.82) is 0 Å². The number of likely N-dealkylation sites (N-methyl/N-ethyl adjacent to an activating group) is 3. The van der Waals surface area contributed by atoms with Gasteiger partial charge in [-0.1, -0.05) is 127 Å². The van der Waals surface area contributed by atoms with Gasteiger partial charge in [0.05, 0.1) is 108 Å². The number of carbonyl (C=O) groups is 15. The molecule has 12 unspecified atom stereocenters. The first-order chi connectivity index (χ1) is 70.4. The minimum atomic E-state index is -1.19. The lowest BCUT2D eigenvalue weighted by Crippen LogP contribution is -2.57. The van der Waals surface area contributed by atoms with Gasteiger partial charge in [0.1, 0.15) is 54.8 Å². The number of nitrogens with zero attached hydrogens (tertiary/aromatic N) is 9. The van der Waals surface area contributed by atoms with Gasteiger partial charge in [-0.05, 0) is 142 Å². The number of para-hydroxylation sites is 3. The van der Waals surface area contributed by atoms with Gasteiger partial charge in [0, 0.05) is 141 Å². The normalized spacial score (nSPS) is 21.8. The van der Waals surface area contributed by atoms with Gasteiger partial charge in [0.25, 0.3) is 5.65 Å². The molecule has 0 bridgehead atoms. The molecule has 148 heavy (non-hydrogen) atoms. The molecule has 3 aromatic carbocycles. The van der Waals surface area contributed by atoms with E-state index in [2.05, 4.69) is 113 Å². The lowest BCUT2D eigenvalue weighted by atomic mass is 9.88. The van der Waals surface area contributed by atoms with Crippen LogP contribution in [0.5, 0.6) is 0 Å². The number of unbranched alkanes of at least 4 members (excludes halogenated alkanes) is 3. The fraction of sp³-hybridized carbons (Fsp3) is 0.468. The van der Waals surface area contributed by atoms with Crippen LogP contribution in [0.2, 0.25) is 0 Å². The molecular weight excluding hydrogens is 1890 g/mol. The monoisotopic (exact) mass is 2040 g/mol. The highest BCUT2D eigenvalue weighted by molar-refractivity contribution is 6.02. The first kappa shape index (κ1) is 113. The molecule has 3 aliphatic heterocycles. The second-order valence-electron chi connectivity index (χ2n) is 41.0. The molecule has 10 aromatic rings. The number of hydrogen-bond donors (Lipinski definition) is 15. The number of carbonyl (C=O) groups excluding carboxylic acids is 15. The number of H-pyrrole nitrogens is 3. The summed E-state index contributed by atoms with van der Waals surface area (Å²) in [6, 6.07) is 23.4. The van der Waals surface area contributed by atoms with Crippen molar-refractivity contribution in [2.24, 2.45) is 35.5 Å². The third kappa shape index (κ3) is 31.2. The van der Waals surface area contributed by atoms with Crippen LogP contribution >= 0.6 is 0 Å². The fourth-order valence-electron chi connectivity index (χ4n) is 19.8. The highest BCUT2D eigenvalue weighted by Crippen LogP contribution is 2.32. The van der Waals surface area contributed by atoms with Crippen molar-refractivity contribution in [3.8, 4) is 0 Å². The third-order valence-corrected chi connectivity index (χ3v) is 27.3. The Morgan fingerprint density at radius 2 is 0.716 bits per heavy atom. The molecule has 12 amide bonds. The molecule has 792 valence electrons. The summed E-state index contributed by atoms with van der Waals surface area (Å²) >= 11 is 0. The number of ketones is 3. The molecule has 39 heteroatoms. The number of rotatable bonds is 30. The van der Waals surface area contributed by atoms with E-state index in [4.69, 9.17) is 0 Å². The summed E-state index contributed by atoms with van der Waals surface area (Å²) in [4.78, 5) is 219. The van der Waals surface area contributed by atoms with E-state index >= 15 is 0 Å². The third-order valence-electron chi connectivity index (χ3n) is 27.3. The number of hydrogen-bond acceptors (Lipinski definition) is 19. The first-order valence-corrected chi connectivity index (χ1v) is 50.8. The number of pyridine rings is 1. The number of benzene rings is 3. The Morgan fingerprint density at radius 3 is 1.06 bits per heavy atom. The number of quaternary nitrogens is 1. The number of aryl methyl sites for hydroxylation is 2. The van der Waals surface area contributed by atoms with Crippen LogP contribution in [0.3, 0.4) is 0 Å². The molecule has 7 aromatic heterocycles. The second kappa shape index (κ2) is 52.7. The number of aromatic nitrogens is 8. The Morgan fingerprint density at radius 1 is 0.392 bits per heavy atom. The van der Waals surface area contributed by atoms with E-state index in [0.29, 0.717) is 51.6 Å². The largest absolute Gasteiger partial charge is 0.513 e. The van der Waals surface area contributed by atoms with Crippen LogP contribution in [0.4, 0.5) is 0 Å². The summed E-state index contributed by atoms with van der Waals surface area (Å²) in [6.07, 6.45) is 20.8. The summed E-state index contributed by atoms with van der Waals surface area (Å²) in [6.45, 7) is 22.3. The van der Waals surface area contributed by atoms with E-state index in [9.17, 15) is 87.2 Å². The molecule has 13 rings (SSSR count). The van der Waals surface area contributed by atoms with Crippen molar-refractivity contribution in [2.45, 2.75) is 225 Å². The van der Waals surface area contributed by atoms with Gasteiger partial charge in [-0.3, -0.25) is 71.9 Å². The van der Waals surface area contributed by atoms with E-state index in [1.807, 2.05) is 185 Å². The predicted octanol–water partition coefficient (Wildman–Crippen LogP) is 7.08. The molecule has 0 aliphatic carbocycles. The average molecular weight is 2040 g/mol. The van der Waals surface area contributed by atoms with Crippen LogP contribution < -0.4 is 57.0 Å². The van der Waals surface area contributed by atoms with Crippen molar-refractivity contribution in [3.63, 3.8) is 0 Å². The van der Waals surface area contributed by atoms with Gasteiger partial charge in [-0.15, -0.1) is 4.52 Å². The van der Waals surface area contributed by atoms with E-state index < -0.39 is 180 Å². The van der Waals surface area contributed by atoms with Crippen LogP contribution in [0.25, 0.3) is 44.0 Å². The highest BCUT2D eigenvalue weighted by Gasteiger charge is 2.43. The molecule has 0 spiro atoms. The lowest BCUT2D eigenvalue weighted by molar-refractivity contribution is -0.870. The minimum absolute atomic E-state index is 0.181. The summed E-state index contributed by atoms with van der Waals surface area (Å²) in [5.41, 5.74) is 7.05. The Balaban J connectivity index is 0.000000211. The molecule has 3 saturated heterocycles. The first-order valence-electron chi connectivity index (χ1n) is 50.8. The van der Waals surface area contributed by atoms with E-state index in [1.54, 1.807) is 43.4 Å². The zero-order chi connectivity index (χ0) is 107. The number of aliphatic hydroxyl groups is 3. The van der Waals surface area contributed by atoms with Crippen molar-refractivity contribution >= 4 is 132 Å². The number of imidazole rings is 2. The fourth-order valence-corrected chi connectivity index (χ4v) is 19.8. The molecule has 0 radical (unpaired) electrons. The van der Waals surface area contributed by atoms with Crippen molar-refractivity contribution in [2.75, 3.05) is 68.5 Å². The molecule has 15 N–H and O–H groups in total. The SMILES string of the molecule is C=C(O)CC1NC(=O)CNC(=O)C(CCCC[N+](C)(C)C)NC(=O)C(C(C)C)N(C)C(=O)C(Cc2c[nH]c3ccccc23)CC1=O.C=C(O)CC1NC(=O)CNC(=O)C(CCCC[n+]2ccn3ccccc32)NC(=O)C(C(C)C)N(C)C(=O)C(Cc2c[nH]c3ccccc23)CC1=O.C=C(O)CC1NC(=O)CNC(=O)C(CCCC[n+]2ccn3ncccc32)NC(=O)C(C(C)C)N(C)C(=O)C(Cc2c[nH]c3ccccc23)CC1=O. The Bertz CT molecular complexity index is 6180. The van der Waals surface area contributed by atoms with Crippen LogP contribution in [0.15, 0.2) is 196 Å². The second-order valence-corrected chi connectivity index (χ2v) is 41.0. The van der Waals surface area contributed by atoms with E-state index in [1.165, 1.54) is 21.7 Å². The Kier molecular flexibility index (Phi) is 40.3. The van der Waals surface area contributed by atoms with Crippen LogP contribution in [-0.4, -0.2) is 275 Å². The molecular formula is C109H146N21O18+3. The number of fused-ring (bicyclic) bond motifs is 5. The van der Waals surface area contributed by atoms with Crippen LogP contribution in [-0.2, 0) is 104 Å². The van der Waals surface area contributed by atoms with Gasteiger partial charge in [0.15, 0.2) is 23.5 Å². The summed E-state index contributed by atoms with van der Waals surface area (Å²) in [5.74, 6) is -12.4. The summed E-state index contributed by atoms with van der Waals surface area (Å²) < 4.78 is 8.70. The number of amides is 12. The number of nitrogens with one attached hydrogen (secondary N) is 12. The maximum absolute atomic E-state index is 14.4. The molecule has 10 heterocycles. The smallest absolute Gasteiger partial charge is 0.307 e. The number of aliphatic hydroxyl groups excluding tert-OH is 3. The summed E-state index contributed by atoms with van der Waals surface area (Å²) in [5, 5.41) is 61.2. The summed E-state index contributed by atoms with van der Waals surface area (Å²) in [7, 11) is 10.9. The van der Waals surface area contributed by atoms with Crippen LogP contribution in [0, 0.1) is 35.5 Å². The number of aromatic amines is 3. The van der Waals surface area contributed by atoms with Gasteiger partial charge in [-0.2, -0.15) is 0 Å². The maximum Gasteiger partial charge on any atom is 0.307 e. The van der Waals surface area contributed by atoms with Crippen molar-refractivity contribution in [1.82, 2.24) is 91.5 Å². The number of Topliss-reactive ketones (excluding diaryl/α,β-unsaturated/α-hetero) is 3. The molecule has 39 nitrogen and oxygen atoms in total. The van der Waals surface area contributed by atoms with Crippen molar-refractivity contribution < 1.29 is 101 Å². The van der Waals surface area contributed by atoms with E-state index in [-0.39, 0.29) is 99.2 Å². The standard InChI is InChI=1S/C38H47N7O6.C37H46N8O6.C34H50N6O6/c1-24(2)35-37(50)42-30(13-7-9-15-44-17-18-45-16-10-8-14-34(44)45)36(49)40-23-33(48)41-31(19-25(3)46)32(47)21-26(38(51)43(35)4)20-27-22-39-29-12-6-5-11-28(27)29;1-23(2)34-36(50)42-29(12-7-8-15-44-16-17-45-33(44)13-9-14-40-45)35(49)39-22-32(48)41-30(18-24(3)46)31(47)20-25(37(51)43(34)4)19-26-21-38-28-11-6-5-10-27(26)28;1-21(2)31-33(45)38-27(14-10-11-15-40(5,6)7)32(44)36-20-30(43)37-28(16-22(3)41)29(42)18-23(34(46)39(31)4)17-24-19-35-26-13-9-8-12-25(24)26/h5-6,8,10-12,14,16-18,22,24,26,30-31,35,39H,3,7,9,13,15,19-21,23H2,1-2,4H3,(H3-,40,41,42,46,48,49,50);5-6,9-11,13-14,16-17,21,23,25,29-30,34,38H,3,7-8,12,15,18-20,22H2,1-2,4H3,(H3-,39,41,42,46,48,49,50);8-9,12-13,19,21,23,27-28,31,35H,3,10-11,14-18,20H2,1-2,4-7H3,(H3-,36,37,38,41,43,44,45)/p+3. The minimum Gasteiger partial charge on any atom is -0.513 e. The van der Waals surface area contributed by atoms with Gasteiger partial charge < -0.3 is 97.3 Å².